The van der Waals surface area contributed by atoms with Gasteiger partial charge in [-0.2, -0.15) is 10.4 Å². The van der Waals surface area contributed by atoms with Crippen LogP contribution in [0.2, 0.25) is 0 Å². The lowest BCUT2D eigenvalue weighted by Gasteiger charge is -2.10. The number of nitrogens with one attached hydrogen (secondary N) is 1. The molecule has 0 bridgehead atoms. The second-order valence-electron chi connectivity index (χ2n) is 7.20. The molecule has 0 atom stereocenters. The highest BCUT2D eigenvalue weighted by atomic mass is 16.1. The fourth-order valence-corrected chi connectivity index (χ4v) is 3.66. The SMILES string of the molecule is N#C/C(=C/c1cn(-c2ccccc2)nc1-c1ccccc1)C(=O)NC1CCCC1. The van der Waals surface area contributed by atoms with Gasteiger partial charge in [0.15, 0.2) is 0 Å². The summed E-state index contributed by atoms with van der Waals surface area (Å²) in [5.74, 6) is -0.314. The zero-order chi connectivity index (χ0) is 20.1. The molecule has 144 valence electrons. The van der Waals surface area contributed by atoms with Crippen LogP contribution in [0, 0.1) is 11.3 Å². The van der Waals surface area contributed by atoms with E-state index in [4.69, 9.17) is 5.10 Å². The summed E-state index contributed by atoms with van der Waals surface area (Å²) in [5, 5.41) is 17.3. The predicted octanol–water partition coefficient (Wildman–Crippen LogP) is 4.51. The largest absolute Gasteiger partial charge is 0.349 e. The number of aromatic nitrogens is 2. The number of carbonyl (C=O) groups excluding carboxylic acids is 1. The van der Waals surface area contributed by atoms with E-state index in [0.717, 1.165) is 48.2 Å². The Labute approximate surface area is 170 Å². The minimum absolute atomic E-state index is 0.0988. The lowest BCUT2D eigenvalue weighted by Crippen LogP contribution is -2.33. The smallest absolute Gasteiger partial charge is 0.262 e. The normalized spacial score (nSPS) is 14.5. The number of nitrogens with zero attached hydrogens (tertiary/aromatic N) is 3. The van der Waals surface area contributed by atoms with Crippen molar-refractivity contribution >= 4 is 12.0 Å². The number of rotatable bonds is 5. The van der Waals surface area contributed by atoms with Crippen LogP contribution < -0.4 is 5.32 Å². The van der Waals surface area contributed by atoms with Crippen molar-refractivity contribution in [3.8, 4) is 23.0 Å². The van der Waals surface area contributed by atoms with Gasteiger partial charge in [-0.25, -0.2) is 4.68 Å². The van der Waals surface area contributed by atoms with Crippen molar-refractivity contribution in [3.05, 3.63) is 78.0 Å². The van der Waals surface area contributed by atoms with Crippen molar-refractivity contribution in [2.24, 2.45) is 0 Å². The molecule has 1 saturated carbocycles. The first-order chi connectivity index (χ1) is 14.2. The van der Waals surface area contributed by atoms with Crippen LogP contribution in [0.15, 0.2) is 72.4 Å². The molecule has 1 heterocycles. The number of nitriles is 1. The molecule has 1 N–H and O–H groups in total. The van der Waals surface area contributed by atoms with Crippen molar-refractivity contribution in [2.45, 2.75) is 31.7 Å². The number of carbonyl (C=O) groups is 1. The van der Waals surface area contributed by atoms with E-state index >= 15 is 0 Å². The minimum atomic E-state index is -0.314. The third-order valence-corrected chi connectivity index (χ3v) is 5.17. The molecule has 1 aromatic heterocycles. The van der Waals surface area contributed by atoms with E-state index in [-0.39, 0.29) is 17.5 Å². The number of para-hydroxylation sites is 1. The van der Waals surface area contributed by atoms with Gasteiger partial charge in [0, 0.05) is 23.4 Å². The maximum atomic E-state index is 12.6. The van der Waals surface area contributed by atoms with Gasteiger partial charge < -0.3 is 5.32 Å². The quantitative estimate of drug-likeness (QED) is 0.521. The molecule has 0 saturated heterocycles. The van der Waals surface area contributed by atoms with E-state index < -0.39 is 0 Å². The molecule has 3 aromatic rings. The topological polar surface area (TPSA) is 70.7 Å². The summed E-state index contributed by atoms with van der Waals surface area (Å²) in [6.07, 6.45) is 7.70. The van der Waals surface area contributed by atoms with Crippen molar-refractivity contribution < 1.29 is 4.79 Å². The molecule has 1 aliphatic rings. The Bertz CT molecular complexity index is 1060. The zero-order valence-electron chi connectivity index (χ0n) is 16.1. The van der Waals surface area contributed by atoms with Gasteiger partial charge in [0.1, 0.15) is 11.6 Å². The third kappa shape index (κ3) is 4.27. The second kappa shape index (κ2) is 8.57. The average molecular weight is 382 g/mol. The summed E-state index contributed by atoms with van der Waals surface area (Å²) in [6.45, 7) is 0. The highest BCUT2D eigenvalue weighted by Gasteiger charge is 2.20. The third-order valence-electron chi connectivity index (χ3n) is 5.17. The molecule has 1 aliphatic carbocycles. The fourth-order valence-electron chi connectivity index (χ4n) is 3.66. The molecule has 0 unspecified atom stereocenters. The van der Waals surface area contributed by atoms with E-state index in [0.29, 0.717) is 0 Å². The van der Waals surface area contributed by atoms with Crippen LogP contribution in [0.3, 0.4) is 0 Å². The number of hydrogen-bond acceptors (Lipinski definition) is 3. The van der Waals surface area contributed by atoms with Crippen LogP contribution in [0.1, 0.15) is 31.2 Å². The van der Waals surface area contributed by atoms with Crippen LogP contribution in [-0.2, 0) is 4.79 Å². The summed E-state index contributed by atoms with van der Waals surface area (Å²) < 4.78 is 1.78. The van der Waals surface area contributed by atoms with E-state index in [1.807, 2.05) is 66.9 Å². The standard InChI is InChI=1S/C24H22N4O/c25-16-19(24(29)26-21-11-7-8-12-21)15-20-17-28(22-13-5-2-6-14-22)27-23(20)18-9-3-1-4-10-18/h1-6,9-10,13-15,17,21H,7-8,11-12H2,(H,26,29)/b19-15-. The molecule has 5 nitrogen and oxygen atoms in total. The molecule has 5 heteroatoms. The molecule has 0 aliphatic heterocycles. The Hall–Kier alpha value is -3.65. The van der Waals surface area contributed by atoms with Gasteiger partial charge >= 0.3 is 0 Å². The number of amides is 1. The molecular weight excluding hydrogens is 360 g/mol. The Morgan fingerprint density at radius 1 is 1.07 bits per heavy atom. The molecule has 1 amide bonds. The lowest BCUT2D eigenvalue weighted by atomic mass is 10.1. The van der Waals surface area contributed by atoms with Crippen molar-refractivity contribution in [1.29, 1.82) is 5.26 Å². The molecule has 0 radical (unpaired) electrons. The second-order valence-corrected chi connectivity index (χ2v) is 7.20. The van der Waals surface area contributed by atoms with E-state index in [2.05, 4.69) is 11.4 Å². The minimum Gasteiger partial charge on any atom is -0.349 e. The first-order valence-electron chi connectivity index (χ1n) is 9.88. The first-order valence-corrected chi connectivity index (χ1v) is 9.88. The molecule has 4 rings (SSSR count). The maximum absolute atomic E-state index is 12.6. The number of benzene rings is 2. The van der Waals surface area contributed by atoms with Crippen LogP contribution in [0.25, 0.3) is 23.0 Å². The van der Waals surface area contributed by atoms with Gasteiger partial charge in [0.25, 0.3) is 5.91 Å². The molecule has 0 spiro atoms. The van der Waals surface area contributed by atoms with Crippen LogP contribution >= 0.6 is 0 Å². The van der Waals surface area contributed by atoms with Crippen LogP contribution in [-0.4, -0.2) is 21.7 Å². The molecule has 29 heavy (non-hydrogen) atoms. The van der Waals surface area contributed by atoms with Gasteiger partial charge in [-0.05, 0) is 31.1 Å². The van der Waals surface area contributed by atoms with Crippen molar-refractivity contribution in [3.63, 3.8) is 0 Å². The Balaban J connectivity index is 1.72. The van der Waals surface area contributed by atoms with Crippen LogP contribution in [0.5, 0.6) is 0 Å². The Morgan fingerprint density at radius 3 is 2.38 bits per heavy atom. The average Bonchev–Trinajstić information content (AvgIpc) is 3.43. The molecule has 1 fully saturated rings. The summed E-state index contributed by atoms with van der Waals surface area (Å²) in [5.41, 5.74) is 3.41. The highest BCUT2D eigenvalue weighted by molar-refractivity contribution is 6.02. The molecule has 2 aromatic carbocycles. The van der Waals surface area contributed by atoms with Gasteiger partial charge in [0.2, 0.25) is 0 Å². The van der Waals surface area contributed by atoms with Crippen LogP contribution in [0.4, 0.5) is 0 Å². The maximum Gasteiger partial charge on any atom is 0.262 e. The van der Waals surface area contributed by atoms with Gasteiger partial charge in [0.05, 0.1) is 11.4 Å². The van der Waals surface area contributed by atoms with E-state index in [1.54, 1.807) is 10.8 Å². The number of hydrogen-bond donors (Lipinski definition) is 1. The van der Waals surface area contributed by atoms with E-state index in [1.165, 1.54) is 0 Å². The Kier molecular flexibility index (Phi) is 5.53. The Morgan fingerprint density at radius 2 is 1.72 bits per heavy atom. The zero-order valence-corrected chi connectivity index (χ0v) is 16.1. The van der Waals surface area contributed by atoms with Gasteiger partial charge in [-0.1, -0.05) is 61.4 Å². The predicted molar refractivity (Wildman–Crippen MR) is 113 cm³/mol. The first kappa shape index (κ1) is 18.7. The van der Waals surface area contributed by atoms with Crippen molar-refractivity contribution in [1.82, 2.24) is 15.1 Å². The fraction of sp³-hybridized carbons (Fsp3) is 0.208. The summed E-state index contributed by atoms with van der Waals surface area (Å²) >= 11 is 0. The lowest BCUT2D eigenvalue weighted by molar-refractivity contribution is -0.117. The summed E-state index contributed by atoms with van der Waals surface area (Å²) in [6, 6.07) is 21.8. The monoisotopic (exact) mass is 382 g/mol. The molecular formula is C24H22N4O. The summed E-state index contributed by atoms with van der Waals surface area (Å²) in [4.78, 5) is 12.6. The van der Waals surface area contributed by atoms with Gasteiger partial charge in [-0.15, -0.1) is 0 Å². The van der Waals surface area contributed by atoms with Gasteiger partial charge in [-0.3, -0.25) is 4.79 Å². The highest BCUT2D eigenvalue weighted by Crippen LogP contribution is 2.26. The summed E-state index contributed by atoms with van der Waals surface area (Å²) in [7, 11) is 0. The van der Waals surface area contributed by atoms with Crippen molar-refractivity contribution in [2.75, 3.05) is 0 Å². The van der Waals surface area contributed by atoms with E-state index in [9.17, 15) is 10.1 Å².